The lowest BCUT2D eigenvalue weighted by Gasteiger charge is -2.42. The monoisotopic (exact) mass is 618 g/mol. The Kier molecular flexibility index (Phi) is 9.27. The molecule has 6 nitrogen and oxygen atoms in total. The lowest BCUT2D eigenvalue weighted by Crippen LogP contribution is -2.52. The molecule has 0 saturated carbocycles. The first-order valence-electron chi connectivity index (χ1n) is 15.6. The number of hydrogen-bond donors (Lipinski definition) is 0. The van der Waals surface area contributed by atoms with Gasteiger partial charge in [-0.3, -0.25) is 9.89 Å². The second-order valence-corrected chi connectivity index (χ2v) is 12.9. The first kappa shape index (κ1) is 30.0. The SMILES string of the molecule is CC(C)Oc1ccccc1C1=NC(c2ccc(Cl)cc2)C(c2ccc(Cl)cc2)N1C(=O)N1CCC(N2CCCCC2)CC1. The Labute approximate surface area is 265 Å². The second-order valence-electron chi connectivity index (χ2n) is 12.1. The molecule has 226 valence electrons. The van der Waals surface area contributed by atoms with Gasteiger partial charge in [0.1, 0.15) is 17.6 Å². The highest BCUT2D eigenvalue weighted by molar-refractivity contribution is 6.30. The molecule has 2 atom stereocenters. The van der Waals surface area contributed by atoms with E-state index in [1.165, 1.54) is 32.4 Å². The molecule has 8 heteroatoms. The summed E-state index contributed by atoms with van der Waals surface area (Å²) in [6.45, 7) is 7.83. The fourth-order valence-electron chi connectivity index (χ4n) is 6.72. The average Bonchev–Trinajstić information content (AvgIpc) is 3.42. The molecule has 2 unspecified atom stereocenters. The van der Waals surface area contributed by atoms with Crippen LogP contribution in [-0.2, 0) is 0 Å². The summed E-state index contributed by atoms with van der Waals surface area (Å²) in [6, 6.07) is 23.3. The van der Waals surface area contributed by atoms with Gasteiger partial charge in [-0.2, -0.15) is 0 Å². The van der Waals surface area contributed by atoms with E-state index in [0.717, 1.165) is 42.6 Å². The number of piperidine rings is 2. The van der Waals surface area contributed by atoms with Gasteiger partial charge in [0.25, 0.3) is 0 Å². The van der Waals surface area contributed by atoms with Gasteiger partial charge in [0.05, 0.1) is 17.7 Å². The molecule has 6 rings (SSSR count). The van der Waals surface area contributed by atoms with Crippen molar-refractivity contribution in [3.8, 4) is 5.75 Å². The van der Waals surface area contributed by atoms with E-state index in [2.05, 4.69) is 4.90 Å². The molecule has 43 heavy (non-hydrogen) atoms. The van der Waals surface area contributed by atoms with E-state index in [1.54, 1.807) is 0 Å². The number of likely N-dealkylation sites (tertiary alicyclic amines) is 2. The third-order valence-electron chi connectivity index (χ3n) is 8.83. The minimum atomic E-state index is -0.368. The van der Waals surface area contributed by atoms with Gasteiger partial charge < -0.3 is 14.5 Å². The molecule has 0 spiro atoms. The Morgan fingerprint density at radius 1 is 0.814 bits per heavy atom. The Morgan fingerprint density at radius 2 is 1.42 bits per heavy atom. The Balaban J connectivity index is 1.40. The van der Waals surface area contributed by atoms with Gasteiger partial charge in [0.2, 0.25) is 0 Å². The summed E-state index contributed by atoms with van der Waals surface area (Å²) in [5.41, 5.74) is 2.77. The lowest BCUT2D eigenvalue weighted by molar-refractivity contribution is 0.0927. The minimum Gasteiger partial charge on any atom is -0.490 e. The van der Waals surface area contributed by atoms with Crippen molar-refractivity contribution in [1.29, 1.82) is 0 Å². The number of halogens is 2. The van der Waals surface area contributed by atoms with E-state index >= 15 is 0 Å². The standard InChI is InChI=1S/C35H40Cl2N4O2/c1-24(2)43-31-9-5-4-8-30(31)34-38-32(25-10-14-27(36)15-11-25)33(26-12-16-28(37)17-13-26)41(34)35(42)40-22-18-29(19-23-40)39-20-6-3-7-21-39/h4-5,8-17,24,29,32-33H,3,6-7,18-23H2,1-2H3. The van der Waals surface area contributed by atoms with Gasteiger partial charge in [0, 0.05) is 29.2 Å². The predicted molar refractivity (Wildman–Crippen MR) is 174 cm³/mol. The van der Waals surface area contributed by atoms with Crippen LogP contribution in [0.25, 0.3) is 0 Å². The summed E-state index contributed by atoms with van der Waals surface area (Å²) in [5.74, 6) is 1.34. The summed E-state index contributed by atoms with van der Waals surface area (Å²) < 4.78 is 6.25. The molecule has 0 aromatic heterocycles. The summed E-state index contributed by atoms with van der Waals surface area (Å²) >= 11 is 12.6. The quantitative estimate of drug-likeness (QED) is 0.279. The zero-order valence-corrected chi connectivity index (χ0v) is 26.5. The van der Waals surface area contributed by atoms with Crippen molar-refractivity contribution in [3.63, 3.8) is 0 Å². The van der Waals surface area contributed by atoms with Crippen molar-refractivity contribution in [2.24, 2.45) is 4.99 Å². The molecule has 0 radical (unpaired) electrons. The van der Waals surface area contributed by atoms with Crippen molar-refractivity contribution >= 4 is 35.1 Å². The Morgan fingerprint density at radius 3 is 2.05 bits per heavy atom. The van der Waals surface area contributed by atoms with Crippen LogP contribution in [0.1, 0.15) is 74.7 Å². The molecule has 0 aliphatic carbocycles. The molecule has 2 amide bonds. The van der Waals surface area contributed by atoms with E-state index in [1.807, 2.05) is 96.4 Å². The molecular weight excluding hydrogens is 579 g/mol. The van der Waals surface area contributed by atoms with Crippen LogP contribution in [0.4, 0.5) is 4.79 Å². The molecule has 0 bridgehead atoms. The maximum absolute atomic E-state index is 14.8. The van der Waals surface area contributed by atoms with Gasteiger partial charge in [-0.25, -0.2) is 4.79 Å². The highest BCUT2D eigenvalue weighted by Crippen LogP contribution is 2.45. The van der Waals surface area contributed by atoms with Gasteiger partial charge in [-0.05, 0) is 100 Å². The van der Waals surface area contributed by atoms with E-state index in [-0.39, 0.29) is 24.2 Å². The zero-order chi connectivity index (χ0) is 29.9. The topological polar surface area (TPSA) is 48.4 Å². The van der Waals surface area contributed by atoms with Crippen LogP contribution >= 0.6 is 23.2 Å². The summed E-state index contributed by atoms with van der Waals surface area (Å²) in [4.78, 5) is 26.6. The number of benzene rings is 3. The fourth-order valence-corrected chi connectivity index (χ4v) is 6.97. The molecule has 2 saturated heterocycles. The largest absolute Gasteiger partial charge is 0.490 e. The van der Waals surface area contributed by atoms with Crippen molar-refractivity contribution in [3.05, 3.63) is 99.5 Å². The molecule has 0 N–H and O–H groups in total. The molecule has 3 aliphatic rings. The number of nitrogens with zero attached hydrogens (tertiary/aromatic N) is 4. The van der Waals surface area contributed by atoms with Crippen molar-refractivity contribution in [2.45, 2.75) is 70.2 Å². The maximum atomic E-state index is 14.8. The van der Waals surface area contributed by atoms with Crippen molar-refractivity contribution < 1.29 is 9.53 Å². The third kappa shape index (κ3) is 6.57. The highest BCUT2D eigenvalue weighted by atomic mass is 35.5. The number of aliphatic imine (C=N–C) groups is 1. The van der Waals surface area contributed by atoms with E-state index in [0.29, 0.717) is 27.7 Å². The number of rotatable bonds is 6. The number of para-hydroxylation sites is 1. The molecule has 3 aromatic carbocycles. The summed E-state index contributed by atoms with van der Waals surface area (Å²) in [6.07, 6.45) is 5.84. The number of carbonyl (C=O) groups excluding carboxylic acids is 1. The smallest absolute Gasteiger partial charge is 0.326 e. The van der Waals surface area contributed by atoms with Crippen LogP contribution in [0.5, 0.6) is 5.75 Å². The highest BCUT2D eigenvalue weighted by Gasteiger charge is 2.45. The second kappa shape index (κ2) is 13.3. The third-order valence-corrected chi connectivity index (χ3v) is 9.33. The van der Waals surface area contributed by atoms with Gasteiger partial charge in [0.15, 0.2) is 0 Å². The van der Waals surface area contributed by atoms with Gasteiger partial charge in [-0.1, -0.05) is 66.0 Å². The minimum absolute atomic E-state index is 0.0217. The van der Waals surface area contributed by atoms with Gasteiger partial charge in [-0.15, -0.1) is 0 Å². The number of ether oxygens (including phenoxy) is 1. The molecule has 2 fully saturated rings. The first-order valence-corrected chi connectivity index (χ1v) is 16.3. The Bertz CT molecular complexity index is 1430. The number of urea groups is 1. The Hall–Kier alpha value is -3.06. The van der Waals surface area contributed by atoms with Crippen LogP contribution in [0.15, 0.2) is 77.8 Å². The first-order chi connectivity index (χ1) is 20.9. The van der Waals surface area contributed by atoms with Crippen LogP contribution < -0.4 is 4.74 Å². The van der Waals surface area contributed by atoms with E-state index in [9.17, 15) is 4.79 Å². The van der Waals surface area contributed by atoms with Crippen molar-refractivity contribution in [1.82, 2.24) is 14.7 Å². The summed E-state index contributed by atoms with van der Waals surface area (Å²) in [5, 5.41) is 1.31. The van der Waals surface area contributed by atoms with E-state index < -0.39 is 0 Å². The normalized spacial score (nSPS) is 21.7. The van der Waals surface area contributed by atoms with Crippen LogP contribution in [0.2, 0.25) is 10.0 Å². The van der Waals surface area contributed by atoms with E-state index in [4.69, 9.17) is 32.9 Å². The summed E-state index contributed by atoms with van der Waals surface area (Å²) in [7, 11) is 0. The number of hydrogen-bond acceptors (Lipinski definition) is 4. The molecule has 3 aromatic rings. The lowest BCUT2D eigenvalue weighted by atomic mass is 9.93. The maximum Gasteiger partial charge on any atom is 0.326 e. The van der Waals surface area contributed by atoms with Crippen molar-refractivity contribution in [2.75, 3.05) is 26.2 Å². The molecule has 3 heterocycles. The number of amides is 2. The molecule has 3 aliphatic heterocycles. The number of carbonyl (C=O) groups is 1. The fraction of sp³-hybridized carbons (Fsp3) is 0.429. The zero-order valence-electron chi connectivity index (χ0n) is 25.0. The van der Waals surface area contributed by atoms with Crippen LogP contribution in [0.3, 0.4) is 0 Å². The van der Waals surface area contributed by atoms with Crippen LogP contribution in [-0.4, -0.2) is 64.9 Å². The molecular formula is C35H40Cl2N4O2. The van der Waals surface area contributed by atoms with Crippen LogP contribution in [0, 0.1) is 0 Å². The average molecular weight is 620 g/mol. The number of amidine groups is 1. The van der Waals surface area contributed by atoms with Gasteiger partial charge >= 0.3 is 6.03 Å². The predicted octanol–water partition coefficient (Wildman–Crippen LogP) is 8.40.